The van der Waals surface area contributed by atoms with E-state index in [0.717, 1.165) is 0 Å². The molecule has 0 saturated carbocycles. The minimum absolute atomic E-state index is 0.163. The standard InChI is InChI=1S/C10H12F3N3O/c1-8(16-17-2)5-9(6-14,7-15)3-4-10(11,12)13/h3-5H2,1-2H3. The number of halogens is 3. The Bertz CT molecular complexity index is 348. The molecule has 0 aliphatic heterocycles. The van der Waals surface area contributed by atoms with Gasteiger partial charge in [0.1, 0.15) is 12.5 Å². The maximum Gasteiger partial charge on any atom is 0.389 e. The van der Waals surface area contributed by atoms with Gasteiger partial charge in [0.2, 0.25) is 0 Å². The summed E-state index contributed by atoms with van der Waals surface area (Å²) < 4.78 is 36.2. The van der Waals surface area contributed by atoms with E-state index in [9.17, 15) is 13.2 Å². The first-order chi connectivity index (χ1) is 7.78. The van der Waals surface area contributed by atoms with E-state index in [2.05, 4.69) is 9.99 Å². The normalized spacial score (nSPS) is 12.8. The van der Waals surface area contributed by atoms with Gasteiger partial charge in [0.25, 0.3) is 0 Å². The summed E-state index contributed by atoms with van der Waals surface area (Å²) in [5.74, 6) is 0. The van der Waals surface area contributed by atoms with Crippen LogP contribution >= 0.6 is 0 Å². The maximum atomic E-state index is 12.1. The summed E-state index contributed by atoms with van der Waals surface area (Å²) in [6, 6.07) is 3.26. The highest BCUT2D eigenvalue weighted by molar-refractivity contribution is 5.82. The molecule has 0 fully saturated rings. The van der Waals surface area contributed by atoms with Gasteiger partial charge < -0.3 is 4.84 Å². The van der Waals surface area contributed by atoms with Crippen molar-refractivity contribution in [3.8, 4) is 12.1 Å². The molecule has 0 aromatic carbocycles. The second-order valence-electron chi connectivity index (χ2n) is 3.61. The Morgan fingerprint density at radius 2 is 1.76 bits per heavy atom. The van der Waals surface area contributed by atoms with Gasteiger partial charge >= 0.3 is 6.18 Å². The first kappa shape index (κ1) is 15.2. The zero-order valence-electron chi connectivity index (χ0n) is 9.51. The lowest BCUT2D eigenvalue weighted by atomic mass is 9.81. The van der Waals surface area contributed by atoms with E-state index in [1.54, 1.807) is 12.1 Å². The van der Waals surface area contributed by atoms with Crippen molar-refractivity contribution in [2.45, 2.75) is 32.4 Å². The molecule has 0 spiro atoms. The van der Waals surface area contributed by atoms with Crippen LogP contribution in [0.3, 0.4) is 0 Å². The fraction of sp³-hybridized carbons (Fsp3) is 0.700. The fourth-order valence-corrected chi connectivity index (χ4v) is 1.28. The molecule has 0 amide bonds. The summed E-state index contributed by atoms with van der Waals surface area (Å²) >= 11 is 0. The lowest BCUT2D eigenvalue weighted by Crippen LogP contribution is -2.23. The van der Waals surface area contributed by atoms with E-state index in [0.29, 0.717) is 5.71 Å². The van der Waals surface area contributed by atoms with Gasteiger partial charge in [0, 0.05) is 12.8 Å². The monoisotopic (exact) mass is 247 g/mol. The van der Waals surface area contributed by atoms with E-state index in [-0.39, 0.29) is 6.42 Å². The predicted octanol–water partition coefficient (Wildman–Crippen LogP) is 2.77. The van der Waals surface area contributed by atoms with Crippen molar-refractivity contribution in [1.82, 2.24) is 0 Å². The Morgan fingerprint density at radius 1 is 1.24 bits per heavy atom. The Kier molecular flexibility index (Phi) is 5.46. The molecule has 0 aliphatic carbocycles. The van der Waals surface area contributed by atoms with Crippen LogP contribution in [0.4, 0.5) is 13.2 Å². The Balaban J connectivity index is 4.77. The van der Waals surface area contributed by atoms with Gasteiger partial charge in [-0.15, -0.1) is 0 Å². The van der Waals surface area contributed by atoms with E-state index in [1.165, 1.54) is 14.0 Å². The number of rotatable bonds is 5. The zero-order valence-corrected chi connectivity index (χ0v) is 9.51. The Hall–Kier alpha value is -1.76. The van der Waals surface area contributed by atoms with Crippen molar-refractivity contribution in [2.24, 2.45) is 10.6 Å². The van der Waals surface area contributed by atoms with Gasteiger partial charge in [-0.1, -0.05) is 5.16 Å². The largest absolute Gasteiger partial charge is 0.399 e. The number of alkyl halides is 3. The van der Waals surface area contributed by atoms with Crippen LogP contribution in [0.5, 0.6) is 0 Å². The minimum atomic E-state index is -4.38. The summed E-state index contributed by atoms with van der Waals surface area (Å²) in [4.78, 5) is 4.43. The molecule has 0 atom stereocenters. The molecular formula is C10H12F3N3O. The number of nitrogens with zero attached hydrogens (tertiary/aromatic N) is 3. The Morgan fingerprint density at radius 3 is 2.12 bits per heavy atom. The molecule has 0 rings (SSSR count). The quantitative estimate of drug-likeness (QED) is 0.554. The first-order valence-electron chi connectivity index (χ1n) is 4.74. The van der Waals surface area contributed by atoms with Crippen LogP contribution in [0.15, 0.2) is 5.16 Å². The van der Waals surface area contributed by atoms with Crippen molar-refractivity contribution in [2.75, 3.05) is 7.11 Å². The van der Waals surface area contributed by atoms with Gasteiger partial charge in [-0.25, -0.2) is 0 Å². The highest BCUT2D eigenvalue weighted by atomic mass is 19.4. The van der Waals surface area contributed by atoms with Crippen LogP contribution < -0.4 is 0 Å². The van der Waals surface area contributed by atoms with Crippen molar-refractivity contribution in [3.63, 3.8) is 0 Å². The smallest absolute Gasteiger partial charge is 0.389 e. The van der Waals surface area contributed by atoms with Gasteiger partial charge in [-0.05, 0) is 13.3 Å². The third-order valence-electron chi connectivity index (χ3n) is 2.07. The topological polar surface area (TPSA) is 69.2 Å². The molecule has 0 radical (unpaired) electrons. The molecule has 94 valence electrons. The van der Waals surface area contributed by atoms with E-state index in [1.807, 2.05) is 0 Å². The first-order valence-corrected chi connectivity index (χ1v) is 4.74. The molecule has 0 unspecified atom stereocenters. The summed E-state index contributed by atoms with van der Waals surface area (Å²) in [6.07, 6.45) is -6.29. The second kappa shape index (κ2) is 6.09. The molecule has 0 aromatic heterocycles. The van der Waals surface area contributed by atoms with Gasteiger partial charge in [0.05, 0.1) is 17.9 Å². The number of oxime groups is 1. The molecule has 4 nitrogen and oxygen atoms in total. The predicted molar refractivity (Wildman–Crippen MR) is 53.7 cm³/mol. The highest BCUT2D eigenvalue weighted by Gasteiger charge is 2.37. The molecule has 0 N–H and O–H groups in total. The lowest BCUT2D eigenvalue weighted by molar-refractivity contribution is -0.138. The lowest BCUT2D eigenvalue weighted by Gasteiger charge is -2.18. The number of hydrogen-bond donors (Lipinski definition) is 0. The number of hydrogen-bond acceptors (Lipinski definition) is 4. The molecule has 0 aliphatic rings. The van der Waals surface area contributed by atoms with Crippen LogP contribution in [0.25, 0.3) is 0 Å². The van der Waals surface area contributed by atoms with Crippen LogP contribution in [-0.2, 0) is 4.84 Å². The maximum absolute atomic E-state index is 12.1. The van der Waals surface area contributed by atoms with Crippen LogP contribution in [-0.4, -0.2) is 19.0 Å². The molecule has 0 heterocycles. The molecule has 0 saturated heterocycles. The van der Waals surface area contributed by atoms with Gasteiger partial charge in [-0.2, -0.15) is 23.7 Å². The van der Waals surface area contributed by atoms with E-state index < -0.39 is 24.4 Å². The summed E-state index contributed by atoms with van der Waals surface area (Å²) in [7, 11) is 1.28. The molecule has 7 heteroatoms. The summed E-state index contributed by atoms with van der Waals surface area (Å²) in [5.41, 5.74) is -1.40. The fourth-order valence-electron chi connectivity index (χ4n) is 1.28. The van der Waals surface area contributed by atoms with Crippen molar-refractivity contribution in [3.05, 3.63) is 0 Å². The SMILES string of the molecule is CON=C(C)CC(C#N)(C#N)CCC(F)(F)F. The average molecular weight is 247 g/mol. The second-order valence-corrected chi connectivity index (χ2v) is 3.61. The Labute approximate surface area is 97.3 Å². The highest BCUT2D eigenvalue weighted by Crippen LogP contribution is 2.33. The van der Waals surface area contributed by atoms with Crippen LogP contribution in [0.1, 0.15) is 26.2 Å². The molecule has 0 aromatic rings. The van der Waals surface area contributed by atoms with Crippen LogP contribution in [0.2, 0.25) is 0 Å². The van der Waals surface area contributed by atoms with E-state index >= 15 is 0 Å². The van der Waals surface area contributed by atoms with Crippen molar-refractivity contribution >= 4 is 5.71 Å². The van der Waals surface area contributed by atoms with E-state index in [4.69, 9.17) is 10.5 Å². The van der Waals surface area contributed by atoms with Crippen molar-refractivity contribution in [1.29, 1.82) is 10.5 Å². The molecule has 17 heavy (non-hydrogen) atoms. The number of nitriles is 2. The van der Waals surface area contributed by atoms with Gasteiger partial charge in [-0.3, -0.25) is 0 Å². The third-order valence-corrected chi connectivity index (χ3v) is 2.07. The van der Waals surface area contributed by atoms with Gasteiger partial charge in [0.15, 0.2) is 0 Å². The van der Waals surface area contributed by atoms with Crippen molar-refractivity contribution < 1.29 is 18.0 Å². The zero-order chi connectivity index (χ0) is 13.5. The summed E-state index contributed by atoms with van der Waals surface area (Å²) in [5, 5.41) is 21.2. The van der Waals surface area contributed by atoms with Crippen LogP contribution in [0, 0.1) is 28.1 Å². The molecule has 0 bridgehead atoms. The average Bonchev–Trinajstić information content (AvgIpc) is 2.23. The third kappa shape index (κ3) is 5.76. The summed E-state index contributed by atoms with van der Waals surface area (Å²) in [6.45, 7) is 1.49. The minimum Gasteiger partial charge on any atom is -0.399 e. The molecular weight excluding hydrogens is 235 g/mol.